The summed E-state index contributed by atoms with van der Waals surface area (Å²) in [7, 11) is 0. The minimum atomic E-state index is -0.225. The molecule has 0 aromatic heterocycles. The van der Waals surface area contributed by atoms with Crippen LogP contribution in [-0.4, -0.2) is 35.6 Å². The maximum absolute atomic E-state index is 13.5. The predicted molar refractivity (Wildman–Crippen MR) is 105 cm³/mol. The summed E-state index contributed by atoms with van der Waals surface area (Å²) in [5.41, 5.74) is 2.82. The van der Waals surface area contributed by atoms with Gasteiger partial charge in [-0.05, 0) is 76.1 Å². The van der Waals surface area contributed by atoms with Crippen LogP contribution in [0, 0.1) is 13.8 Å². The van der Waals surface area contributed by atoms with Crippen molar-refractivity contribution in [1.29, 1.82) is 0 Å². The van der Waals surface area contributed by atoms with Crippen LogP contribution in [0.25, 0.3) is 0 Å². The molecule has 0 radical (unpaired) electrons. The van der Waals surface area contributed by atoms with Crippen LogP contribution in [0.5, 0.6) is 0 Å². The first kappa shape index (κ1) is 18.7. The summed E-state index contributed by atoms with van der Waals surface area (Å²) in [4.78, 5) is 13.5. The summed E-state index contributed by atoms with van der Waals surface area (Å²) in [6, 6.07) is 3.88. The smallest absolute Gasteiger partial charge is 0.285 e. The fraction of sp³-hybridized carbons (Fsp3) is 0.667. The van der Waals surface area contributed by atoms with E-state index in [-0.39, 0.29) is 11.4 Å². The number of hydrogen-bond acceptors (Lipinski definition) is 1. The first-order valence-electron chi connectivity index (χ1n) is 9.88. The molecule has 1 aliphatic heterocycles. The zero-order chi connectivity index (χ0) is 18.1. The number of aryl methyl sites for hydroxylation is 2. The van der Waals surface area contributed by atoms with Crippen LogP contribution >= 0.6 is 11.6 Å². The molecule has 25 heavy (non-hydrogen) atoms. The molecule has 1 N–H and O–H groups in total. The summed E-state index contributed by atoms with van der Waals surface area (Å²) in [6.45, 7) is 9.70. The third-order valence-electron chi connectivity index (χ3n) is 6.77. The largest absolute Gasteiger partial charge is 0.320 e. The Bertz CT molecular complexity index is 620. The molecule has 1 aromatic carbocycles. The van der Waals surface area contributed by atoms with Gasteiger partial charge in [0.25, 0.3) is 5.91 Å². The van der Waals surface area contributed by atoms with Crippen LogP contribution in [0.4, 0.5) is 5.69 Å². The number of benzene rings is 1. The molecule has 1 saturated heterocycles. The molecular formula is C21H32ClN2O+. The maximum atomic E-state index is 13.5. The van der Waals surface area contributed by atoms with E-state index in [1.54, 1.807) is 0 Å². The SMILES string of the molecule is CC[N+]1(C2(C(=O)Nc3c(C)cc(Cl)cc3C)CCC2)CCCCCC1. The van der Waals surface area contributed by atoms with Crippen molar-refractivity contribution in [3.05, 3.63) is 28.3 Å². The number of likely N-dealkylation sites (N-methyl/N-ethyl adjacent to an activating group) is 1. The third kappa shape index (κ3) is 3.21. The Hall–Kier alpha value is -1.06. The van der Waals surface area contributed by atoms with Crippen LogP contribution in [-0.2, 0) is 4.79 Å². The molecule has 0 atom stereocenters. The van der Waals surface area contributed by atoms with Gasteiger partial charge in [-0.25, -0.2) is 0 Å². The van der Waals surface area contributed by atoms with Crippen molar-refractivity contribution in [3.63, 3.8) is 0 Å². The number of anilines is 1. The number of nitrogens with one attached hydrogen (secondary N) is 1. The Labute approximate surface area is 157 Å². The van der Waals surface area contributed by atoms with Gasteiger partial charge in [0.15, 0.2) is 5.54 Å². The number of carbonyl (C=O) groups excluding carboxylic acids is 1. The average molecular weight is 364 g/mol. The van der Waals surface area contributed by atoms with Crippen LogP contribution < -0.4 is 5.32 Å². The number of hydrogen-bond donors (Lipinski definition) is 1. The van der Waals surface area contributed by atoms with Gasteiger partial charge >= 0.3 is 0 Å². The molecule has 1 amide bonds. The Morgan fingerprint density at radius 1 is 1.08 bits per heavy atom. The molecule has 1 aromatic rings. The Morgan fingerprint density at radius 3 is 2.08 bits per heavy atom. The lowest BCUT2D eigenvalue weighted by atomic mass is 9.72. The van der Waals surface area contributed by atoms with Gasteiger partial charge in [0, 0.05) is 23.6 Å². The summed E-state index contributed by atoms with van der Waals surface area (Å²) in [5.74, 6) is 0.232. The number of rotatable bonds is 4. The van der Waals surface area contributed by atoms with E-state index in [4.69, 9.17) is 11.6 Å². The van der Waals surface area contributed by atoms with Crippen molar-refractivity contribution >= 4 is 23.2 Å². The van der Waals surface area contributed by atoms with Crippen molar-refractivity contribution < 1.29 is 9.28 Å². The second-order valence-electron chi connectivity index (χ2n) is 8.08. The Kier molecular flexibility index (Phi) is 5.45. The van der Waals surface area contributed by atoms with E-state index in [2.05, 4.69) is 12.2 Å². The highest BCUT2D eigenvalue weighted by Crippen LogP contribution is 2.45. The highest BCUT2D eigenvalue weighted by atomic mass is 35.5. The van der Waals surface area contributed by atoms with E-state index in [0.29, 0.717) is 0 Å². The molecule has 1 saturated carbocycles. The van der Waals surface area contributed by atoms with E-state index in [0.717, 1.165) is 58.8 Å². The average Bonchev–Trinajstić information content (AvgIpc) is 2.76. The van der Waals surface area contributed by atoms with Crippen molar-refractivity contribution in [3.8, 4) is 0 Å². The molecule has 2 fully saturated rings. The number of quaternary nitrogens is 1. The van der Waals surface area contributed by atoms with Crippen LogP contribution in [0.2, 0.25) is 5.02 Å². The lowest BCUT2D eigenvalue weighted by Crippen LogP contribution is -2.72. The van der Waals surface area contributed by atoms with E-state index in [1.807, 2.05) is 26.0 Å². The quantitative estimate of drug-likeness (QED) is 0.729. The van der Waals surface area contributed by atoms with Gasteiger partial charge in [-0.2, -0.15) is 0 Å². The van der Waals surface area contributed by atoms with Gasteiger partial charge in [0.1, 0.15) is 0 Å². The van der Waals surface area contributed by atoms with Gasteiger partial charge in [-0.3, -0.25) is 4.79 Å². The molecular weight excluding hydrogens is 332 g/mol. The van der Waals surface area contributed by atoms with Gasteiger partial charge in [0.2, 0.25) is 0 Å². The molecule has 2 aliphatic rings. The molecule has 3 nitrogen and oxygen atoms in total. The molecule has 1 aliphatic carbocycles. The number of likely N-dealkylation sites (tertiary alicyclic amines) is 1. The second-order valence-corrected chi connectivity index (χ2v) is 8.51. The summed E-state index contributed by atoms with van der Waals surface area (Å²) in [5, 5.41) is 4.04. The standard InChI is InChI=1S/C21H31ClN2O/c1-4-24(12-7-5-6-8-13-24)21(10-9-11-21)20(25)23-19-16(2)14-18(22)15-17(19)3/h14-15H,4-13H2,1-3H3/p+1. The second kappa shape index (κ2) is 7.28. The molecule has 4 heteroatoms. The van der Waals surface area contributed by atoms with Crippen molar-refractivity contribution in [2.45, 2.75) is 71.3 Å². The molecule has 1 heterocycles. The van der Waals surface area contributed by atoms with Gasteiger partial charge in [-0.1, -0.05) is 11.6 Å². The fourth-order valence-electron chi connectivity index (χ4n) is 5.11. The maximum Gasteiger partial charge on any atom is 0.285 e. The first-order valence-corrected chi connectivity index (χ1v) is 10.3. The van der Waals surface area contributed by atoms with Crippen LogP contribution in [0.1, 0.15) is 63.0 Å². The normalized spacial score (nSPS) is 21.9. The van der Waals surface area contributed by atoms with Gasteiger partial charge in [-0.15, -0.1) is 0 Å². The highest BCUT2D eigenvalue weighted by Gasteiger charge is 2.59. The minimum Gasteiger partial charge on any atom is -0.320 e. The monoisotopic (exact) mass is 363 g/mol. The van der Waals surface area contributed by atoms with Gasteiger partial charge < -0.3 is 9.80 Å². The van der Waals surface area contributed by atoms with Crippen LogP contribution in [0.15, 0.2) is 12.1 Å². The van der Waals surface area contributed by atoms with Crippen molar-refractivity contribution in [2.24, 2.45) is 0 Å². The fourth-order valence-corrected chi connectivity index (χ4v) is 5.43. The first-order chi connectivity index (χ1) is 11.9. The molecule has 0 bridgehead atoms. The van der Waals surface area contributed by atoms with E-state index in [1.165, 1.54) is 32.1 Å². The Morgan fingerprint density at radius 2 is 1.64 bits per heavy atom. The zero-order valence-electron chi connectivity index (χ0n) is 16.0. The lowest BCUT2D eigenvalue weighted by Gasteiger charge is -2.56. The summed E-state index contributed by atoms with van der Waals surface area (Å²) in [6.07, 6.45) is 8.35. The van der Waals surface area contributed by atoms with E-state index >= 15 is 0 Å². The Balaban J connectivity index is 1.91. The number of amides is 1. The molecule has 138 valence electrons. The molecule has 0 unspecified atom stereocenters. The summed E-state index contributed by atoms with van der Waals surface area (Å²) < 4.78 is 0.991. The van der Waals surface area contributed by atoms with Crippen LogP contribution in [0.3, 0.4) is 0 Å². The van der Waals surface area contributed by atoms with E-state index in [9.17, 15) is 4.79 Å². The van der Waals surface area contributed by atoms with Crippen molar-refractivity contribution in [2.75, 3.05) is 25.0 Å². The van der Waals surface area contributed by atoms with Crippen molar-refractivity contribution in [1.82, 2.24) is 0 Å². The number of halogens is 1. The zero-order valence-corrected chi connectivity index (χ0v) is 16.7. The topological polar surface area (TPSA) is 29.1 Å². The third-order valence-corrected chi connectivity index (χ3v) is 6.99. The van der Waals surface area contributed by atoms with E-state index < -0.39 is 0 Å². The molecule has 3 rings (SSSR count). The highest BCUT2D eigenvalue weighted by molar-refractivity contribution is 6.30. The molecule has 0 spiro atoms. The number of nitrogens with zero attached hydrogens (tertiary/aromatic N) is 1. The minimum absolute atomic E-state index is 0.225. The number of carbonyl (C=O) groups is 1. The summed E-state index contributed by atoms with van der Waals surface area (Å²) >= 11 is 6.16. The predicted octanol–water partition coefficient (Wildman–Crippen LogP) is 5.23. The lowest BCUT2D eigenvalue weighted by molar-refractivity contribution is -0.970. The van der Waals surface area contributed by atoms with Gasteiger partial charge in [0.05, 0.1) is 19.6 Å².